The lowest BCUT2D eigenvalue weighted by Crippen LogP contribution is -2.17. The first-order valence-corrected chi connectivity index (χ1v) is 7.12. The van der Waals surface area contributed by atoms with Gasteiger partial charge in [-0.1, -0.05) is 67.6 Å². The average Bonchev–Trinajstić information content (AvgIpc) is 2.23. The van der Waals surface area contributed by atoms with Gasteiger partial charge in [0.2, 0.25) is 0 Å². The van der Waals surface area contributed by atoms with Crippen LogP contribution in [0.15, 0.2) is 12.2 Å². The van der Waals surface area contributed by atoms with Gasteiger partial charge in [-0.25, -0.2) is 0 Å². The summed E-state index contributed by atoms with van der Waals surface area (Å²) in [7, 11) is 0. The molecule has 15 heavy (non-hydrogen) atoms. The monoisotopic (exact) mass is 276 g/mol. The van der Waals surface area contributed by atoms with E-state index in [0.717, 1.165) is 19.3 Å². The number of aliphatic hydroxyl groups is 1. The second-order valence-electron chi connectivity index (χ2n) is 4.08. The lowest BCUT2D eigenvalue weighted by atomic mass is 10.1. The third-order valence-electron chi connectivity index (χ3n) is 2.50. The highest BCUT2D eigenvalue weighted by molar-refractivity contribution is 9.09. The van der Waals surface area contributed by atoms with Gasteiger partial charge in [0.1, 0.15) is 0 Å². The Labute approximate surface area is 103 Å². The topological polar surface area (TPSA) is 20.2 Å². The normalized spacial score (nSPS) is 15.7. The Kier molecular flexibility index (Phi) is 10.8. The third kappa shape index (κ3) is 9.13. The quantitative estimate of drug-likeness (QED) is 0.375. The summed E-state index contributed by atoms with van der Waals surface area (Å²) >= 11 is 3.49. The van der Waals surface area contributed by atoms with E-state index in [2.05, 4.69) is 41.9 Å². The molecule has 0 bridgehead atoms. The second kappa shape index (κ2) is 10.7. The first kappa shape index (κ1) is 15.2. The predicted molar refractivity (Wildman–Crippen MR) is 71.5 cm³/mol. The summed E-state index contributed by atoms with van der Waals surface area (Å²) in [6.45, 7) is 4.32. The fraction of sp³-hybridized carbons (Fsp3) is 0.846. The molecular formula is C13H25BrO. The van der Waals surface area contributed by atoms with Crippen molar-refractivity contribution in [1.82, 2.24) is 0 Å². The lowest BCUT2D eigenvalue weighted by Gasteiger charge is -2.12. The molecule has 0 aliphatic carbocycles. The van der Waals surface area contributed by atoms with Crippen LogP contribution in [0.5, 0.6) is 0 Å². The second-order valence-corrected chi connectivity index (χ2v) is 5.14. The summed E-state index contributed by atoms with van der Waals surface area (Å²) in [4.78, 5) is 0.128. The molecule has 0 rings (SSSR count). The predicted octanol–water partition coefficient (Wildman–Crippen LogP) is 4.44. The van der Waals surface area contributed by atoms with Crippen LogP contribution in [-0.2, 0) is 0 Å². The molecule has 0 aromatic carbocycles. The van der Waals surface area contributed by atoms with Gasteiger partial charge in [-0.05, 0) is 19.3 Å². The van der Waals surface area contributed by atoms with Gasteiger partial charge in [0.25, 0.3) is 0 Å². The minimum Gasteiger partial charge on any atom is -0.392 e. The van der Waals surface area contributed by atoms with Gasteiger partial charge in [0.15, 0.2) is 0 Å². The van der Waals surface area contributed by atoms with E-state index in [-0.39, 0.29) is 10.9 Å². The summed E-state index contributed by atoms with van der Waals surface area (Å²) in [5, 5.41) is 9.66. The molecule has 0 heterocycles. The number of alkyl halides is 1. The Balaban J connectivity index is 3.48. The first-order chi connectivity index (χ1) is 7.22. The maximum Gasteiger partial charge on any atom is 0.0700 e. The molecule has 0 unspecified atom stereocenters. The molecule has 0 aromatic heterocycles. The highest BCUT2D eigenvalue weighted by Crippen LogP contribution is 2.13. The van der Waals surface area contributed by atoms with Gasteiger partial charge in [-0.3, -0.25) is 0 Å². The summed E-state index contributed by atoms with van der Waals surface area (Å²) in [5.41, 5.74) is 0. The van der Waals surface area contributed by atoms with Crippen LogP contribution < -0.4 is 0 Å². The van der Waals surface area contributed by atoms with E-state index >= 15 is 0 Å². The van der Waals surface area contributed by atoms with Crippen molar-refractivity contribution in [3.63, 3.8) is 0 Å². The molecule has 0 fully saturated rings. The van der Waals surface area contributed by atoms with Crippen LogP contribution in [0.4, 0.5) is 0 Å². The van der Waals surface area contributed by atoms with Crippen LogP contribution in [-0.4, -0.2) is 16.0 Å². The van der Waals surface area contributed by atoms with E-state index < -0.39 is 0 Å². The molecule has 2 atom stereocenters. The fourth-order valence-corrected chi connectivity index (χ4v) is 1.98. The maximum atomic E-state index is 9.66. The largest absolute Gasteiger partial charge is 0.392 e. The highest BCUT2D eigenvalue weighted by atomic mass is 79.9. The molecule has 0 aliphatic rings. The van der Waals surface area contributed by atoms with Crippen molar-refractivity contribution < 1.29 is 5.11 Å². The molecule has 0 aromatic rings. The van der Waals surface area contributed by atoms with Gasteiger partial charge in [-0.2, -0.15) is 0 Å². The van der Waals surface area contributed by atoms with E-state index in [1.54, 1.807) is 0 Å². The van der Waals surface area contributed by atoms with Crippen LogP contribution >= 0.6 is 15.9 Å². The van der Waals surface area contributed by atoms with Gasteiger partial charge in [0, 0.05) is 0 Å². The van der Waals surface area contributed by atoms with Crippen LogP contribution in [0.1, 0.15) is 58.8 Å². The van der Waals surface area contributed by atoms with Gasteiger partial charge in [0.05, 0.1) is 10.9 Å². The van der Waals surface area contributed by atoms with Crippen molar-refractivity contribution >= 4 is 15.9 Å². The SMILES string of the molecule is CCCCCC/C=C/[C@H](Br)[C@H](O)CCC. The molecule has 90 valence electrons. The van der Waals surface area contributed by atoms with Gasteiger partial charge < -0.3 is 5.11 Å². The number of hydrogen-bond donors (Lipinski definition) is 1. The Morgan fingerprint density at radius 2 is 1.87 bits per heavy atom. The van der Waals surface area contributed by atoms with Crippen molar-refractivity contribution in [2.45, 2.75) is 69.7 Å². The van der Waals surface area contributed by atoms with Crippen molar-refractivity contribution in [2.75, 3.05) is 0 Å². The minimum absolute atomic E-state index is 0.128. The summed E-state index contributed by atoms with van der Waals surface area (Å²) in [6.07, 6.45) is 12.3. The maximum absolute atomic E-state index is 9.66. The van der Waals surface area contributed by atoms with Crippen LogP contribution in [0.3, 0.4) is 0 Å². The smallest absolute Gasteiger partial charge is 0.0700 e. The Morgan fingerprint density at radius 1 is 1.13 bits per heavy atom. The van der Waals surface area contributed by atoms with Crippen molar-refractivity contribution in [3.8, 4) is 0 Å². The first-order valence-electron chi connectivity index (χ1n) is 6.21. The number of aliphatic hydroxyl groups excluding tert-OH is 1. The number of hydrogen-bond acceptors (Lipinski definition) is 1. The Morgan fingerprint density at radius 3 is 2.47 bits per heavy atom. The van der Waals surface area contributed by atoms with E-state index in [4.69, 9.17) is 0 Å². The van der Waals surface area contributed by atoms with Gasteiger partial charge >= 0.3 is 0 Å². The van der Waals surface area contributed by atoms with E-state index in [1.807, 2.05) is 0 Å². The molecule has 0 saturated heterocycles. The molecule has 2 heteroatoms. The van der Waals surface area contributed by atoms with Crippen LogP contribution in [0, 0.1) is 0 Å². The average molecular weight is 277 g/mol. The molecule has 0 aliphatic heterocycles. The van der Waals surface area contributed by atoms with E-state index in [0.29, 0.717) is 0 Å². The molecular weight excluding hydrogens is 252 g/mol. The number of halogens is 1. The highest BCUT2D eigenvalue weighted by Gasteiger charge is 2.10. The molecule has 1 N–H and O–H groups in total. The summed E-state index contributed by atoms with van der Waals surface area (Å²) in [5.74, 6) is 0. The zero-order chi connectivity index (χ0) is 11.5. The van der Waals surface area contributed by atoms with Crippen molar-refractivity contribution in [2.24, 2.45) is 0 Å². The van der Waals surface area contributed by atoms with Crippen LogP contribution in [0.25, 0.3) is 0 Å². The number of rotatable bonds is 9. The van der Waals surface area contributed by atoms with Crippen LogP contribution in [0.2, 0.25) is 0 Å². The lowest BCUT2D eigenvalue weighted by molar-refractivity contribution is 0.173. The molecule has 0 spiro atoms. The zero-order valence-corrected chi connectivity index (χ0v) is 11.7. The third-order valence-corrected chi connectivity index (χ3v) is 3.41. The summed E-state index contributed by atoms with van der Waals surface area (Å²) < 4.78 is 0. The molecule has 1 nitrogen and oxygen atoms in total. The van der Waals surface area contributed by atoms with Crippen molar-refractivity contribution in [3.05, 3.63) is 12.2 Å². The molecule has 0 saturated carbocycles. The van der Waals surface area contributed by atoms with E-state index in [9.17, 15) is 5.11 Å². The number of unbranched alkanes of at least 4 members (excludes halogenated alkanes) is 4. The standard InChI is InChI=1S/C13H25BrO/c1-3-5-6-7-8-9-11-12(14)13(15)10-4-2/h9,11-13,15H,3-8,10H2,1-2H3/b11-9+/t12-,13+/m0/s1. The molecule has 0 radical (unpaired) electrons. The van der Waals surface area contributed by atoms with Gasteiger partial charge in [-0.15, -0.1) is 0 Å². The van der Waals surface area contributed by atoms with Crippen molar-refractivity contribution in [1.29, 1.82) is 0 Å². The number of allylic oxidation sites excluding steroid dienone is 1. The minimum atomic E-state index is -0.234. The van der Waals surface area contributed by atoms with E-state index in [1.165, 1.54) is 25.7 Å². The zero-order valence-electron chi connectivity index (χ0n) is 10.1. The fourth-order valence-electron chi connectivity index (χ4n) is 1.50. The summed E-state index contributed by atoms with van der Waals surface area (Å²) in [6, 6.07) is 0. The molecule has 0 amide bonds. The Bertz CT molecular complexity index is 157. The Hall–Kier alpha value is 0.180.